The largest absolute Gasteiger partial charge is 0.379 e. The normalized spacial score (nSPS) is 16.6. The van der Waals surface area contributed by atoms with Gasteiger partial charge in [-0.3, -0.25) is 4.90 Å². The van der Waals surface area contributed by atoms with E-state index < -0.39 is 0 Å². The molecule has 126 valence electrons. The molecule has 0 spiro atoms. The molecular formula is C21H20N2OS. The van der Waals surface area contributed by atoms with Gasteiger partial charge in [-0.05, 0) is 34.7 Å². The fraction of sp³-hybridized carbons (Fsp3) is 0.286. The van der Waals surface area contributed by atoms with Gasteiger partial charge in [0.2, 0.25) is 0 Å². The number of hydrogen-bond donors (Lipinski definition) is 0. The average Bonchev–Trinajstić information content (AvgIpc) is 3.26. The lowest BCUT2D eigenvalue weighted by Gasteiger charge is -2.25. The van der Waals surface area contributed by atoms with Crippen LogP contribution in [0.4, 0.5) is 0 Å². The van der Waals surface area contributed by atoms with Crippen LogP contribution in [0.3, 0.4) is 0 Å². The summed E-state index contributed by atoms with van der Waals surface area (Å²) in [5, 5.41) is 3.39. The Bertz CT molecular complexity index is 912. The summed E-state index contributed by atoms with van der Waals surface area (Å²) in [6.45, 7) is 4.61. The number of thiazole rings is 1. The number of ether oxygens (including phenoxy) is 1. The Kier molecular flexibility index (Phi) is 3.89. The van der Waals surface area contributed by atoms with Gasteiger partial charge in [-0.25, -0.2) is 4.98 Å². The highest BCUT2D eigenvalue weighted by atomic mass is 32.1. The van der Waals surface area contributed by atoms with Crippen LogP contribution in [0.5, 0.6) is 0 Å². The van der Waals surface area contributed by atoms with Crippen LogP contribution >= 0.6 is 11.3 Å². The highest BCUT2D eigenvalue weighted by Crippen LogP contribution is 2.38. The van der Waals surface area contributed by atoms with Crippen molar-refractivity contribution in [2.75, 3.05) is 26.3 Å². The van der Waals surface area contributed by atoms with Gasteiger partial charge in [0.05, 0.1) is 25.5 Å². The van der Waals surface area contributed by atoms with Gasteiger partial charge in [-0.2, -0.15) is 0 Å². The van der Waals surface area contributed by atoms with E-state index in [-0.39, 0.29) is 0 Å². The molecule has 1 aliphatic carbocycles. The van der Waals surface area contributed by atoms with E-state index in [0.717, 1.165) is 45.0 Å². The summed E-state index contributed by atoms with van der Waals surface area (Å²) in [7, 11) is 0. The predicted octanol–water partition coefficient (Wildman–Crippen LogP) is 4.21. The van der Waals surface area contributed by atoms with Gasteiger partial charge in [-0.1, -0.05) is 36.4 Å². The summed E-state index contributed by atoms with van der Waals surface area (Å²) in [4.78, 5) is 7.31. The molecule has 1 aromatic heterocycles. The van der Waals surface area contributed by atoms with Gasteiger partial charge < -0.3 is 4.74 Å². The Morgan fingerprint density at radius 3 is 2.76 bits per heavy atom. The van der Waals surface area contributed by atoms with Crippen molar-refractivity contribution >= 4 is 11.3 Å². The van der Waals surface area contributed by atoms with E-state index in [1.165, 1.54) is 32.8 Å². The Morgan fingerprint density at radius 1 is 1.00 bits per heavy atom. The number of nitrogens with zero attached hydrogens (tertiary/aromatic N) is 2. The molecule has 0 amide bonds. The second-order valence-electron chi connectivity index (χ2n) is 6.72. The molecule has 2 aromatic carbocycles. The first-order valence-corrected chi connectivity index (χ1v) is 9.71. The first-order chi connectivity index (χ1) is 12.4. The zero-order chi connectivity index (χ0) is 16.6. The monoisotopic (exact) mass is 348 g/mol. The molecule has 2 heterocycles. The van der Waals surface area contributed by atoms with Gasteiger partial charge in [0.25, 0.3) is 0 Å². The maximum absolute atomic E-state index is 5.42. The van der Waals surface area contributed by atoms with Crippen molar-refractivity contribution in [2.24, 2.45) is 0 Å². The molecule has 0 bridgehead atoms. The van der Waals surface area contributed by atoms with Crippen molar-refractivity contribution in [1.82, 2.24) is 9.88 Å². The van der Waals surface area contributed by atoms with E-state index in [0.29, 0.717) is 0 Å². The smallest absolute Gasteiger partial charge is 0.107 e. The number of rotatable bonds is 3. The fourth-order valence-electron chi connectivity index (χ4n) is 3.75. The lowest BCUT2D eigenvalue weighted by molar-refractivity contribution is 0.0342. The van der Waals surface area contributed by atoms with Crippen molar-refractivity contribution in [2.45, 2.75) is 13.0 Å². The second-order valence-corrected chi connectivity index (χ2v) is 7.66. The Balaban J connectivity index is 1.42. The third-order valence-electron chi connectivity index (χ3n) is 5.11. The first-order valence-electron chi connectivity index (χ1n) is 8.83. The summed E-state index contributed by atoms with van der Waals surface area (Å²) in [5.41, 5.74) is 7.92. The Morgan fingerprint density at radius 2 is 1.84 bits per heavy atom. The molecule has 0 unspecified atom stereocenters. The molecule has 3 aromatic rings. The molecular weight excluding hydrogens is 328 g/mol. The van der Waals surface area contributed by atoms with Gasteiger partial charge >= 0.3 is 0 Å². The molecule has 2 aliphatic rings. The van der Waals surface area contributed by atoms with Gasteiger partial charge in [0.15, 0.2) is 0 Å². The molecule has 0 atom stereocenters. The molecule has 0 radical (unpaired) electrons. The topological polar surface area (TPSA) is 25.4 Å². The Labute approximate surface area is 151 Å². The van der Waals surface area contributed by atoms with E-state index >= 15 is 0 Å². The third-order valence-corrected chi connectivity index (χ3v) is 5.94. The zero-order valence-corrected chi connectivity index (χ0v) is 14.9. The minimum absolute atomic E-state index is 0.836. The summed E-state index contributed by atoms with van der Waals surface area (Å²) in [6.07, 6.45) is 1.05. The SMILES string of the molecule is c1ccc2c(c1)Cc1ccc(-c3csc(CN4CCOCC4)n3)cc1-2. The third kappa shape index (κ3) is 2.91. The van der Waals surface area contributed by atoms with E-state index in [1.807, 2.05) is 0 Å². The number of aromatic nitrogens is 1. The van der Waals surface area contributed by atoms with Crippen LogP contribution in [0.15, 0.2) is 47.8 Å². The van der Waals surface area contributed by atoms with Gasteiger partial charge in [-0.15, -0.1) is 11.3 Å². The summed E-state index contributed by atoms with van der Waals surface area (Å²) < 4.78 is 5.42. The molecule has 3 nitrogen and oxygen atoms in total. The predicted molar refractivity (Wildman–Crippen MR) is 102 cm³/mol. The molecule has 1 fully saturated rings. The van der Waals surface area contributed by atoms with Crippen molar-refractivity contribution < 1.29 is 4.74 Å². The molecule has 0 saturated carbocycles. The molecule has 0 N–H and O–H groups in total. The summed E-state index contributed by atoms with van der Waals surface area (Å²) in [6, 6.07) is 15.5. The minimum Gasteiger partial charge on any atom is -0.379 e. The molecule has 25 heavy (non-hydrogen) atoms. The van der Waals surface area contributed by atoms with Crippen LogP contribution in [0, 0.1) is 0 Å². The molecule has 1 saturated heterocycles. The fourth-order valence-corrected chi connectivity index (χ4v) is 4.59. The summed E-state index contributed by atoms with van der Waals surface area (Å²) >= 11 is 1.76. The highest BCUT2D eigenvalue weighted by molar-refractivity contribution is 7.09. The molecule has 5 rings (SSSR count). The van der Waals surface area contributed by atoms with Crippen LogP contribution in [-0.4, -0.2) is 36.2 Å². The van der Waals surface area contributed by atoms with Gasteiger partial charge in [0, 0.05) is 24.0 Å². The number of hydrogen-bond acceptors (Lipinski definition) is 4. The van der Waals surface area contributed by atoms with E-state index in [2.05, 4.69) is 52.7 Å². The van der Waals surface area contributed by atoms with Crippen LogP contribution in [0.2, 0.25) is 0 Å². The van der Waals surface area contributed by atoms with Crippen molar-refractivity contribution in [3.05, 3.63) is 64.0 Å². The second kappa shape index (κ2) is 6.37. The molecule has 4 heteroatoms. The minimum atomic E-state index is 0.836. The number of benzene rings is 2. The Hall–Kier alpha value is -2.01. The van der Waals surface area contributed by atoms with Crippen molar-refractivity contribution in [3.8, 4) is 22.4 Å². The van der Waals surface area contributed by atoms with E-state index in [9.17, 15) is 0 Å². The zero-order valence-electron chi connectivity index (χ0n) is 14.1. The van der Waals surface area contributed by atoms with Crippen molar-refractivity contribution in [3.63, 3.8) is 0 Å². The van der Waals surface area contributed by atoms with E-state index in [4.69, 9.17) is 9.72 Å². The van der Waals surface area contributed by atoms with Gasteiger partial charge in [0.1, 0.15) is 5.01 Å². The summed E-state index contributed by atoms with van der Waals surface area (Å²) in [5.74, 6) is 0. The number of fused-ring (bicyclic) bond motifs is 3. The van der Waals surface area contributed by atoms with Crippen molar-refractivity contribution in [1.29, 1.82) is 0 Å². The van der Waals surface area contributed by atoms with Crippen LogP contribution in [-0.2, 0) is 17.7 Å². The van der Waals surface area contributed by atoms with Crippen LogP contribution < -0.4 is 0 Å². The lowest BCUT2D eigenvalue weighted by atomic mass is 10.0. The maximum atomic E-state index is 5.42. The standard InChI is InChI=1S/C21H20N2OS/c1-2-4-18-15(3-1)11-16-5-6-17(12-19(16)18)20-14-25-21(22-20)13-23-7-9-24-10-8-23/h1-6,12,14H,7-11,13H2. The van der Waals surface area contributed by atoms with E-state index in [1.54, 1.807) is 11.3 Å². The van der Waals surface area contributed by atoms with Crippen LogP contribution in [0.25, 0.3) is 22.4 Å². The maximum Gasteiger partial charge on any atom is 0.107 e. The quantitative estimate of drug-likeness (QED) is 0.554. The lowest BCUT2D eigenvalue weighted by Crippen LogP contribution is -2.35. The first kappa shape index (κ1) is 15.3. The average molecular weight is 348 g/mol. The van der Waals surface area contributed by atoms with Crippen LogP contribution in [0.1, 0.15) is 16.1 Å². The number of morpholine rings is 1. The molecule has 1 aliphatic heterocycles. The highest BCUT2D eigenvalue weighted by Gasteiger charge is 2.19.